The lowest BCUT2D eigenvalue weighted by Crippen LogP contribution is -2.01. The summed E-state index contributed by atoms with van der Waals surface area (Å²) >= 11 is 5.94. The maximum absolute atomic E-state index is 9.05. The van der Waals surface area contributed by atoms with Crippen LogP contribution in [0.15, 0.2) is 54.6 Å². The first-order valence-electron chi connectivity index (χ1n) is 7.07. The van der Waals surface area contributed by atoms with Gasteiger partial charge >= 0.3 is 0 Å². The normalized spacial score (nSPS) is 10.3. The van der Waals surface area contributed by atoms with E-state index in [1.54, 1.807) is 11.8 Å². The third-order valence-electron chi connectivity index (χ3n) is 3.50. The molecule has 1 heterocycles. The maximum Gasteiger partial charge on any atom is 0.118 e. The van der Waals surface area contributed by atoms with Gasteiger partial charge in [-0.25, -0.2) is 4.68 Å². The molecular weight excluding hydrogens is 310 g/mol. The van der Waals surface area contributed by atoms with Gasteiger partial charge in [-0.3, -0.25) is 0 Å². The molecule has 4 nitrogen and oxygen atoms in total. The lowest BCUT2D eigenvalue weighted by molar-refractivity contribution is 0.415. The maximum atomic E-state index is 9.05. The van der Waals surface area contributed by atoms with Gasteiger partial charge in [0.2, 0.25) is 0 Å². The van der Waals surface area contributed by atoms with Crippen molar-refractivity contribution in [1.29, 1.82) is 5.26 Å². The summed E-state index contributed by atoms with van der Waals surface area (Å²) in [7, 11) is 1.63. The number of nitrogens with zero attached hydrogens (tertiary/aromatic N) is 3. The first-order chi connectivity index (χ1) is 11.2. The molecule has 0 fully saturated rings. The molecule has 0 aliphatic heterocycles. The van der Waals surface area contributed by atoms with E-state index < -0.39 is 0 Å². The van der Waals surface area contributed by atoms with E-state index in [0.29, 0.717) is 5.02 Å². The van der Waals surface area contributed by atoms with Crippen molar-refractivity contribution >= 4 is 11.6 Å². The predicted molar refractivity (Wildman–Crippen MR) is 89.9 cm³/mol. The van der Waals surface area contributed by atoms with Crippen LogP contribution in [0.5, 0.6) is 5.75 Å². The molecule has 0 aliphatic rings. The number of aromatic nitrogens is 2. The second-order valence-electron chi connectivity index (χ2n) is 4.97. The largest absolute Gasteiger partial charge is 0.497 e. The predicted octanol–water partition coefficient (Wildman–Crippen LogP) is 4.27. The minimum Gasteiger partial charge on any atom is -0.497 e. The summed E-state index contributed by atoms with van der Waals surface area (Å²) in [5.74, 6) is 0.795. The highest BCUT2D eigenvalue weighted by molar-refractivity contribution is 6.30. The molecular formula is C18H14ClN3O. The van der Waals surface area contributed by atoms with Crippen molar-refractivity contribution in [1.82, 2.24) is 9.78 Å². The van der Waals surface area contributed by atoms with E-state index in [1.807, 2.05) is 54.6 Å². The summed E-state index contributed by atoms with van der Waals surface area (Å²) in [5.41, 5.74) is 3.49. The molecule has 3 rings (SSSR count). The minimum absolute atomic E-state index is 0.284. The van der Waals surface area contributed by atoms with Gasteiger partial charge in [-0.2, -0.15) is 10.4 Å². The zero-order chi connectivity index (χ0) is 16.2. The zero-order valence-electron chi connectivity index (χ0n) is 12.5. The van der Waals surface area contributed by atoms with Crippen LogP contribution < -0.4 is 4.74 Å². The quantitative estimate of drug-likeness (QED) is 0.720. The first-order valence-corrected chi connectivity index (χ1v) is 7.45. The lowest BCUT2D eigenvalue weighted by atomic mass is 10.1. The van der Waals surface area contributed by atoms with Crippen LogP contribution in [-0.4, -0.2) is 16.9 Å². The lowest BCUT2D eigenvalue weighted by Gasteiger charge is -2.05. The molecule has 0 unspecified atom stereocenters. The van der Waals surface area contributed by atoms with Crippen LogP contribution >= 0.6 is 11.6 Å². The van der Waals surface area contributed by atoms with Crippen LogP contribution in [0.25, 0.3) is 16.9 Å². The Morgan fingerprint density at radius 3 is 2.43 bits per heavy atom. The topological polar surface area (TPSA) is 50.8 Å². The average Bonchev–Trinajstić information content (AvgIpc) is 3.00. The van der Waals surface area contributed by atoms with Gasteiger partial charge in [0.05, 0.1) is 36.7 Å². The summed E-state index contributed by atoms with van der Waals surface area (Å²) < 4.78 is 6.95. The molecule has 0 aliphatic carbocycles. The van der Waals surface area contributed by atoms with E-state index >= 15 is 0 Å². The number of benzene rings is 2. The summed E-state index contributed by atoms with van der Waals surface area (Å²) in [4.78, 5) is 0. The summed E-state index contributed by atoms with van der Waals surface area (Å²) in [5, 5.41) is 14.4. The highest BCUT2D eigenvalue weighted by Gasteiger charge is 2.11. The standard InChI is InChI=1S/C18H14ClN3O/c1-23-17-8-2-13(3-9-17)18-12-16(10-11-20)22(21-18)15-6-4-14(19)5-7-15/h2-9,12H,10H2,1H3. The Morgan fingerprint density at radius 2 is 1.83 bits per heavy atom. The van der Waals surface area contributed by atoms with Crippen molar-refractivity contribution < 1.29 is 4.74 Å². The average molecular weight is 324 g/mol. The highest BCUT2D eigenvalue weighted by atomic mass is 35.5. The molecule has 0 bridgehead atoms. The molecule has 2 aromatic carbocycles. The van der Waals surface area contributed by atoms with Gasteiger partial charge in [-0.15, -0.1) is 0 Å². The van der Waals surface area contributed by atoms with E-state index in [9.17, 15) is 0 Å². The molecule has 0 amide bonds. The fourth-order valence-electron chi connectivity index (χ4n) is 2.34. The van der Waals surface area contributed by atoms with E-state index in [4.69, 9.17) is 21.6 Å². The number of hydrogen-bond acceptors (Lipinski definition) is 3. The van der Waals surface area contributed by atoms with Crippen molar-refractivity contribution in [3.8, 4) is 28.8 Å². The van der Waals surface area contributed by atoms with Crippen LogP contribution in [0.4, 0.5) is 0 Å². The Balaban J connectivity index is 2.04. The zero-order valence-corrected chi connectivity index (χ0v) is 13.3. The fourth-order valence-corrected chi connectivity index (χ4v) is 2.46. The summed E-state index contributed by atoms with van der Waals surface area (Å²) in [6, 6.07) is 19.2. The second kappa shape index (κ2) is 6.55. The van der Waals surface area contributed by atoms with Gasteiger partial charge in [0, 0.05) is 10.6 Å². The van der Waals surface area contributed by atoms with Gasteiger partial charge in [0.25, 0.3) is 0 Å². The molecule has 0 atom stereocenters. The van der Waals surface area contributed by atoms with Gasteiger partial charge < -0.3 is 4.74 Å². The van der Waals surface area contributed by atoms with Crippen LogP contribution in [0.1, 0.15) is 5.69 Å². The SMILES string of the molecule is COc1ccc(-c2cc(CC#N)n(-c3ccc(Cl)cc3)n2)cc1. The molecule has 114 valence electrons. The van der Waals surface area contributed by atoms with Crippen molar-refractivity contribution in [2.24, 2.45) is 0 Å². The van der Waals surface area contributed by atoms with Crippen molar-refractivity contribution in [2.75, 3.05) is 7.11 Å². The number of ether oxygens (including phenoxy) is 1. The van der Waals surface area contributed by atoms with Gasteiger partial charge in [0.1, 0.15) is 5.75 Å². The Bertz CT molecular complexity index is 845. The van der Waals surface area contributed by atoms with Crippen LogP contribution in [0, 0.1) is 11.3 Å². The third kappa shape index (κ3) is 3.20. The number of rotatable bonds is 4. The van der Waals surface area contributed by atoms with Crippen molar-refractivity contribution in [3.05, 3.63) is 65.3 Å². The summed E-state index contributed by atoms with van der Waals surface area (Å²) in [6.07, 6.45) is 0.284. The van der Waals surface area contributed by atoms with E-state index in [2.05, 4.69) is 11.2 Å². The number of nitriles is 1. The van der Waals surface area contributed by atoms with E-state index in [1.165, 1.54) is 0 Å². The van der Waals surface area contributed by atoms with Gasteiger partial charge in [0.15, 0.2) is 0 Å². The highest BCUT2D eigenvalue weighted by Crippen LogP contribution is 2.24. The molecule has 3 aromatic rings. The van der Waals surface area contributed by atoms with Gasteiger partial charge in [-0.05, 0) is 54.6 Å². The second-order valence-corrected chi connectivity index (χ2v) is 5.41. The Labute approximate surface area is 139 Å². The van der Waals surface area contributed by atoms with Crippen LogP contribution in [-0.2, 0) is 6.42 Å². The van der Waals surface area contributed by atoms with Gasteiger partial charge in [-0.1, -0.05) is 11.6 Å². The molecule has 5 heteroatoms. The Morgan fingerprint density at radius 1 is 1.13 bits per heavy atom. The molecule has 0 radical (unpaired) electrons. The minimum atomic E-state index is 0.284. The molecule has 0 spiro atoms. The Hall–Kier alpha value is -2.77. The van der Waals surface area contributed by atoms with Crippen molar-refractivity contribution in [2.45, 2.75) is 6.42 Å². The third-order valence-corrected chi connectivity index (χ3v) is 3.75. The van der Waals surface area contributed by atoms with E-state index in [-0.39, 0.29) is 6.42 Å². The van der Waals surface area contributed by atoms with Crippen LogP contribution in [0.2, 0.25) is 5.02 Å². The molecule has 0 N–H and O–H groups in total. The number of halogens is 1. The van der Waals surface area contributed by atoms with Crippen LogP contribution in [0.3, 0.4) is 0 Å². The molecule has 23 heavy (non-hydrogen) atoms. The first kappa shape index (κ1) is 15.1. The monoisotopic (exact) mass is 323 g/mol. The molecule has 0 saturated carbocycles. The fraction of sp³-hybridized carbons (Fsp3) is 0.111. The molecule has 1 aromatic heterocycles. The smallest absolute Gasteiger partial charge is 0.118 e. The van der Waals surface area contributed by atoms with E-state index in [0.717, 1.165) is 28.4 Å². The summed E-state index contributed by atoms with van der Waals surface area (Å²) in [6.45, 7) is 0. The number of methoxy groups -OCH3 is 1. The Kier molecular flexibility index (Phi) is 4.31. The molecule has 0 saturated heterocycles. The number of hydrogen-bond donors (Lipinski definition) is 0. The van der Waals surface area contributed by atoms with Crippen molar-refractivity contribution in [3.63, 3.8) is 0 Å².